The van der Waals surface area contributed by atoms with Gasteiger partial charge in [0.1, 0.15) is 0 Å². The Labute approximate surface area is 87.7 Å². The van der Waals surface area contributed by atoms with Gasteiger partial charge in [0, 0.05) is 20.9 Å². The van der Waals surface area contributed by atoms with Crippen LogP contribution in [0.4, 0.5) is 4.79 Å². The highest BCUT2D eigenvalue weighted by Crippen LogP contribution is 2.17. The molecule has 2 N–H and O–H groups in total. The molecule has 0 saturated heterocycles. The molecule has 0 saturated carbocycles. The first kappa shape index (κ1) is 11.3. The van der Waals surface area contributed by atoms with Crippen LogP contribution in [0.25, 0.3) is 0 Å². The molecule has 0 fully saturated rings. The number of nitrogens with one attached hydrogen (secondary N) is 2. The third kappa shape index (κ3) is 2.58. The van der Waals surface area contributed by atoms with Crippen molar-refractivity contribution in [3.8, 4) is 0 Å². The van der Waals surface area contributed by atoms with Crippen LogP contribution >= 0.6 is 0 Å². The summed E-state index contributed by atoms with van der Waals surface area (Å²) in [4.78, 5) is 15.4. The van der Waals surface area contributed by atoms with E-state index >= 15 is 0 Å². The first-order valence-corrected chi connectivity index (χ1v) is 4.42. The molecule has 1 aliphatic rings. The molecule has 0 radical (unpaired) electrons. The zero-order valence-corrected chi connectivity index (χ0v) is 9.20. The maximum atomic E-state index is 10.8. The van der Waals surface area contributed by atoms with Crippen LogP contribution < -0.4 is 10.6 Å². The van der Waals surface area contributed by atoms with Gasteiger partial charge in [0.2, 0.25) is 5.28 Å². The molecule has 1 amide bonds. The van der Waals surface area contributed by atoms with Crippen molar-refractivity contribution in [1.82, 2.24) is 10.6 Å². The molecule has 0 aromatic rings. The number of nitrogens with zero attached hydrogens (tertiary/aromatic N) is 2. The Morgan fingerprint density at radius 3 is 2.80 bits per heavy atom. The Morgan fingerprint density at radius 1 is 1.67 bits per heavy atom. The quantitative estimate of drug-likeness (QED) is 0.519. The molecule has 1 rings (SSSR count). The second kappa shape index (κ2) is 4.16. The Hall–Kier alpha value is -1.79. The standard InChI is InChI=1S/C8H14N4O3/c1-8(2)10-6(14-4)5-12(8)11-15-7(13)9-3/h5H,1-4H3,(H-,9,10,11,13)/p+1. The molecule has 1 heterocycles. The van der Waals surface area contributed by atoms with Gasteiger partial charge in [-0.1, -0.05) is 0 Å². The fourth-order valence-corrected chi connectivity index (χ4v) is 1.02. The second-order valence-electron chi connectivity index (χ2n) is 3.44. The summed E-state index contributed by atoms with van der Waals surface area (Å²) in [6.45, 7) is 3.73. The molecular weight excluding hydrogens is 200 g/mol. The van der Waals surface area contributed by atoms with E-state index in [-0.39, 0.29) is 0 Å². The van der Waals surface area contributed by atoms with Crippen LogP contribution in [0.15, 0.2) is 17.4 Å². The molecule has 0 aromatic carbocycles. The molecule has 7 nitrogen and oxygen atoms in total. The topological polar surface area (TPSA) is 75.0 Å². The van der Waals surface area contributed by atoms with Gasteiger partial charge in [-0.3, -0.25) is 5.32 Å². The highest BCUT2D eigenvalue weighted by Gasteiger charge is 2.40. The average molecular weight is 215 g/mol. The lowest BCUT2D eigenvalue weighted by Gasteiger charge is -2.11. The maximum Gasteiger partial charge on any atom is 0.438 e. The first-order chi connectivity index (χ1) is 6.99. The Bertz CT molecular complexity index is 322. The summed E-state index contributed by atoms with van der Waals surface area (Å²) in [7, 11) is 3.00. The van der Waals surface area contributed by atoms with Gasteiger partial charge in [0.15, 0.2) is 0 Å². The lowest BCUT2D eigenvalue weighted by Crippen LogP contribution is -2.41. The highest BCUT2D eigenvalue weighted by atomic mass is 16.7. The van der Waals surface area contributed by atoms with Crippen molar-refractivity contribution < 1.29 is 19.1 Å². The van der Waals surface area contributed by atoms with E-state index in [4.69, 9.17) is 4.74 Å². The van der Waals surface area contributed by atoms with E-state index < -0.39 is 11.8 Å². The van der Waals surface area contributed by atoms with Crippen molar-refractivity contribution in [3.05, 3.63) is 12.1 Å². The van der Waals surface area contributed by atoms with Crippen molar-refractivity contribution >= 4 is 6.09 Å². The molecular formula is C8H15N4O3+. The van der Waals surface area contributed by atoms with Gasteiger partial charge >= 0.3 is 6.09 Å². The number of methoxy groups -OCH3 is 1. The van der Waals surface area contributed by atoms with E-state index in [1.165, 1.54) is 18.9 Å². The van der Waals surface area contributed by atoms with Crippen LogP contribution in [0.2, 0.25) is 0 Å². The van der Waals surface area contributed by atoms with E-state index in [2.05, 4.69) is 20.7 Å². The fourth-order valence-electron chi connectivity index (χ4n) is 1.02. The van der Waals surface area contributed by atoms with Gasteiger partial charge < -0.3 is 10.1 Å². The smallest absolute Gasteiger partial charge is 0.438 e. The summed E-state index contributed by atoms with van der Waals surface area (Å²) in [5.74, 6) is 0.559. The van der Waals surface area contributed by atoms with E-state index in [0.717, 1.165) is 0 Å². The van der Waals surface area contributed by atoms with Crippen LogP contribution in [0, 0.1) is 0 Å². The van der Waals surface area contributed by atoms with Gasteiger partial charge in [0.25, 0.3) is 17.7 Å². The maximum absolute atomic E-state index is 10.8. The van der Waals surface area contributed by atoms with E-state index in [1.54, 1.807) is 6.20 Å². The van der Waals surface area contributed by atoms with Crippen molar-refractivity contribution in [2.45, 2.75) is 19.5 Å². The minimum Gasteiger partial charge on any atom is -0.478 e. The fraction of sp³-hybridized carbons (Fsp3) is 0.625. The lowest BCUT2D eigenvalue weighted by atomic mass is 10.3. The van der Waals surface area contributed by atoms with Crippen LogP contribution in [0.3, 0.4) is 0 Å². The van der Waals surface area contributed by atoms with Gasteiger partial charge in [-0.15, -0.1) is 0 Å². The number of hydrogen-bond donors (Lipinski definition) is 2. The largest absolute Gasteiger partial charge is 0.478 e. The van der Waals surface area contributed by atoms with Gasteiger partial charge in [-0.25, -0.2) is 9.63 Å². The van der Waals surface area contributed by atoms with E-state index in [9.17, 15) is 4.79 Å². The zero-order chi connectivity index (χ0) is 11.5. The predicted octanol–water partition coefficient (Wildman–Crippen LogP) is 0.507. The zero-order valence-electron chi connectivity index (χ0n) is 9.20. The van der Waals surface area contributed by atoms with Gasteiger partial charge in [0.05, 0.1) is 7.11 Å². The number of ether oxygens (including phenoxy) is 1. The molecule has 15 heavy (non-hydrogen) atoms. The number of carbonyl (C=O) groups is 1. The Morgan fingerprint density at radius 2 is 2.33 bits per heavy atom. The normalized spacial score (nSPS) is 20.5. The van der Waals surface area contributed by atoms with Crippen molar-refractivity contribution in [1.29, 1.82) is 0 Å². The summed E-state index contributed by atoms with van der Waals surface area (Å²) in [6, 6.07) is 0. The number of carbonyl (C=O) groups excluding carboxylic acids is 1. The number of rotatable bonds is 2. The third-order valence-corrected chi connectivity index (χ3v) is 1.88. The molecule has 1 aliphatic heterocycles. The van der Waals surface area contributed by atoms with Crippen LogP contribution in [-0.4, -0.2) is 30.6 Å². The third-order valence-electron chi connectivity index (χ3n) is 1.88. The minimum atomic E-state index is -0.620. The van der Waals surface area contributed by atoms with Crippen LogP contribution in [-0.2, 0) is 9.57 Å². The molecule has 0 spiro atoms. The summed E-state index contributed by atoms with van der Waals surface area (Å²) in [6.07, 6.45) is 0.980. The number of amides is 1. The summed E-state index contributed by atoms with van der Waals surface area (Å²) in [5, 5.41) is 8.97. The van der Waals surface area contributed by atoms with Crippen LogP contribution in [0.5, 0.6) is 0 Å². The molecule has 84 valence electrons. The van der Waals surface area contributed by atoms with Gasteiger partial charge in [-0.2, -0.15) is 0 Å². The van der Waals surface area contributed by atoms with E-state index in [1.807, 2.05) is 13.8 Å². The van der Waals surface area contributed by atoms with Crippen molar-refractivity contribution in [2.24, 2.45) is 5.28 Å². The lowest BCUT2D eigenvalue weighted by molar-refractivity contribution is -0.617. The summed E-state index contributed by atoms with van der Waals surface area (Å²) < 4.78 is 6.46. The van der Waals surface area contributed by atoms with E-state index in [0.29, 0.717) is 5.88 Å². The Kier molecular flexibility index (Phi) is 3.13. The van der Waals surface area contributed by atoms with Crippen LogP contribution in [0.1, 0.15) is 13.8 Å². The number of hydrogen-bond acceptors (Lipinski definition) is 5. The van der Waals surface area contributed by atoms with Gasteiger partial charge in [-0.05, 0) is 4.70 Å². The average Bonchev–Trinajstić information content (AvgIpc) is 2.49. The monoisotopic (exact) mass is 215 g/mol. The molecule has 0 aliphatic carbocycles. The summed E-state index contributed by atoms with van der Waals surface area (Å²) >= 11 is 0. The molecule has 0 aromatic heterocycles. The predicted molar refractivity (Wildman–Crippen MR) is 50.5 cm³/mol. The minimum absolute atomic E-state index is 0.487. The molecule has 0 bridgehead atoms. The Balaban J connectivity index is 2.75. The molecule has 7 heteroatoms. The SMILES string of the molecule is CNC(=O)ON=[N+]1C=C(OC)NC1(C)C. The van der Waals surface area contributed by atoms with Crippen molar-refractivity contribution in [2.75, 3.05) is 14.2 Å². The summed E-state index contributed by atoms with van der Waals surface area (Å²) in [5.41, 5.74) is -0.487. The highest BCUT2D eigenvalue weighted by molar-refractivity contribution is 5.66. The first-order valence-electron chi connectivity index (χ1n) is 4.42. The second-order valence-corrected chi connectivity index (χ2v) is 3.44. The molecule has 0 unspecified atom stereocenters. The van der Waals surface area contributed by atoms with Crippen molar-refractivity contribution in [3.63, 3.8) is 0 Å². The molecule has 0 atom stereocenters.